The third kappa shape index (κ3) is 4.18. The lowest BCUT2D eigenvalue weighted by atomic mass is 10.3. The summed E-state index contributed by atoms with van der Waals surface area (Å²) in [4.78, 5) is 0.0204. The molecule has 4 rings (SSSR count). The minimum absolute atomic E-state index is 0.0204. The van der Waals surface area contributed by atoms with Crippen molar-refractivity contribution in [2.75, 3.05) is 10.9 Å². The van der Waals surface area contributed by atoms with E-state index in [1.54, 1.807) is 60.7 Å². The van der Waals surface area contributed by atoms with Crippen molar-refractivity contribution in [1.29, 1.82) is 0 Å². The third-order valence-electron chi connectivity index (χ3n) is 4.38. The molecule has 0 atom stereocenters. The Hall–Kier alpha value is -3.20. The molecule has 0 unspecified atom stereocenters. The monoisotopic (exact) mass is 474 g/mol. The molecule has 0 aliphatic rings. The van der Waals surface area contributed by atoms with Gasteiger partial charge in [0, 0.05) is 0 Å². The number of hydrogen-bond acceptors (Lipinski definition) is 6. The molecule has 3 aromatic carbocycles. The van der Waals surface area contributed by atoms with Crippen LogP contribution in [0.3, 0.4) is 0 Å². The smallest absolute Gasteiger partial charge is 0.229 e. The fraction of sp³-hybridized carbons (Fsp3) is 0. The van der Waals surface area contributed by atoms with Crippen LogP contribution in [0.5, 0.6) is 5.75 Å². The first kappa shape index (κ1) is 21.0. The van der Waals surface area contributed by atoms with Gasteiger partial charge in [-0.15, -0.1) is 5.10 Å². The van der Waals surface area contributed by atoms with Crippen molar-refractivity contribution in [3.8, 4) is 11.4 Å². The summed E-state index contributed by atoms with van der Waals surface area (Å²) < 4.78 is 27.5. The predicted octanol–water partition coefficient (Wildman–Crippen LogP) is 5.16. The van der Waals surface area contributed by atoms with E-state index in [0.717, 1.165) is 0 Å². The zero-order chi connectivity index (χ0) is 22.0. The molecule has 0 saturated carbocycles. The number of aromatic hydroxyl groups is 1. The number of nitrogens with zero attached hydrogens (tertiary/aromatic N) is 2. The number of hydrazine groups is 1. The molecule has 0 fully saturated rings. The number of sulfone groups is 1. The summed E-state index contributed by atoms with van der Waals surface area (Å²) in [5, 5.41) is 15.3. The molecule has 158 valence electrons. The highest BCUT2D eigenvalue weighted by molar-refractivity contribution is 7.91. The van der Waals surface area contributed by atoms with Crippen LogP contribution in [0.2, 0.25) is 10.0 Å². The first-order chi connectivity index (χ1) is 14.9. The van der Waals surface area contributed by atoms with Gasteiger partial charge in [0.2, 0.25) is 14.9 Å². The number of hydrogen-bond donors (Lipinski definition) is 3. The quantitative estimate of drug-likeness (QED) is 0.334. The van der Waals surface area contributed by atoms with Gasteiger partial charge in [0.1, 0.15) is 0 Å². The van der Waals surface area contributed by atoms with Gasteiger partial charge < -0.3 is 5.11 Å². The number of nitrogens with one attached hydrogen (secondary N) is 2. The van der Waals surface area contributed by atoms with Gasteiger partial charge in [0.25, 0.3) is 0 Å². The van der Waals surface area contributed by atoms with Crippen LogP contribution < -0.4 is 10.9 Å². The molecule has 0 bridgehead atoms. The standard InChI is InChI=1S/C21H16Cl2N4O3S/c22-17-12-11-14(13-18(17)23)24-25-20-19(28)21(26-27(20)15-7-3-1-4-8-15)31(29,30)16-9-5-2-6-10-16/h1-13,24-25,28H. The molecule has 0 radical (unpaired) electrons. The lowest BCUT2D eigenvalue weighted by Crippen LogP contribution is -2.13. The van der Waals surface area contributed by atoms with Crippen LogP contribution in [-0.4, -0.2) is 23.3 Å². The molecule has 4 aromatic rings. The Kier molecular flexibility index (Phi) is 5.77. The van der Waals surface area contributed by atoms with Crippen LogP contribution in [0.4, 0.5) is 11.5 Å². The number of benzene rings is 3. The van der Waals surface area contributed by atoms with Crippen LogP contribution in [0.1, 0.15) is 0 Å². The second-order valence-electron chi connectivity index (χ2n) is 6.45. The molecule has 10 heteroatoms. The Morgan fingerprint density at radius 1 is 0.839 bits per heavy atom. The van der Waals surface area contributed by atoms with E-state index >= 15 is 0 Å². The molecule has 7 nitrogen and oxygen atoms in total. The van der Waals surface area contributed by atoms with E-state index in [2.05, 4.69) is 16.0 Å². The zero-order valence-corrected chi connectivity index (χ0v) is 18.2. The molecule has 0 aliphatic heterocycles. The second kappa shape index (κ2) is 8.50. The van der Waals surface area contributed by atoms with Crippen LogP contribution in [0, 0.1) is 0 Å². The van der Waals surface area contributed by atoms with E-state index in [1.807, 2.05) is 6.07 Å². The highest BCUT2D eigenvalue weighted by Crippen LogP contribution is 2.36. The molecule has 3 N–H and O–H groups in total. The molecule has 0 aliphatic carbocycles. The van der Waals surface area contributed by atoms with E-state index in [0.29, 0.717) is 21.4 Å². The van der Waals surface area contributed by atoms with Crippen molar-refractivity contribution in [3.05, 3.63) is 88.9 Å². The molecule has 1 heterocycles. The van der Waals surface area contributed by atoms with Crippen LogP contribution in [0.15, 0.2) is 88.8 Å². The summed E-state index contributed by atoms with van der Waals surface area (Å²) in [5.41, 5.74) is 6.79. The largest absolute Gasteiger partial charge is 0.502 e. The van der Waals surface area contributed by atoms with Crippen LogP contribution >= 0.6 is 23.2 Å². The molecular weight excluding hydrogens is 459 g/mol. The van der Waals surface area contributed by atoms with E-state index in [9.17, 15) is 13.5 Å². The number of para-hydroxylation sites is 1. The van der Waals surface area contributed by atoms with Crippen LogP contribution in [-0.2, 0) is 9.84 Å². The molecular formula is C21H16Cl2N4O3S. The average molecular weight is 475 g/mol. The van der Waals surface area contributed by atoms with E-state index in [1.165, 1.54) is 16.8 Å². The Morgan fingerprint density at radius 2 is 1.48 bits per heavy atom. The minimum Gasteiger partial charge on any atom is -0.502 e. The van der Waals surface area contributed by atoms with Crippen molar-refractivity contribution in [1.82, 2.24) is 9.78 Å². The third-order valence-corrected chi connectivity index (χ3v) is 6.80. The molecule has 0 amide bonds. The van der Waals surface area contributed by atoms with Gasteiger partial charge in [-0.05, 0) is 42.5 Å². The van der Waals surface area contributed by atoms with Gasteiger partial charge in [-0.1, -0.05) is 59.6 Å². The maximum Gasteiger partial charge on any atom is 0.229 e. The Morgan fingerprint density at radius 3 is 2.13 bits per heavy atom. The minimum atomic E-state index is -4.06. The predicted molar refractivity (Wildman–Crippen MR) is 121 cm³/mol. The summed E-state index contributed by atoms with van der Waals surface area (Å²) >= 11 is 12.0. The normalized spacial score (nSPS) is 11.3. The van der Waals surface area contributed by atoms with Gasteiger partial charge in [-0.3, -0.25) is 10.9 Å². The first-order valence-electron chi connectivity index (χ1n) is 9.02. The summed E-state index contributed by atoms with van der Waals surface area (Å²) in [5.74, 6) is -0.493. The molecule has 31 heavy (non-hydrogen) atoms. The van der Waals surface area contributed by atoms with Crippen molar-refractivity contribution in [2.45, 2.75) is 9.92 Å². The average Bonchev–Trinajstić information content (AvgIpc) is 3.12. The van der Waals surface area contributed by atoms with E-state index in [-0.39, 0.29) is 10.7 Å². The van der Waals surface area contributed by atoms with Gasteiger partial charge in [-0.2, -0.15) is 0 Å². The number of halogens is 2. The maximum atomic E-state index is 13.1. The number of rotatable bonds is 6. The van der Waals surface area contributed by atoms with E-state index < -0.39 is 20.6 Å². The maximum absolute atomic E-state index is 13.1. The van der Waals surface area contributed by atoms with Gasteiger partial charge in [-0.25, -0.2) is 13.1 Å². The molecule has 1 aromatic heterocycles. The number of anilines is 2. The fourth-order valence-electron chi connectivity index (χ4n) is 2.86. The zero-order valence-electron chi connectivity index (χ0n) is 15.8. The summed E-state index contributed by atoms with van der Waals surface area (Å²) in [7, 11) is -4.06. The van der Waals surface area contributed by atoms with E-state index in [4.69, 9.17) is 23.2 Å². The highest BCUT2D eigenvalue weighted by atomic mass is 35.5. The number of aromatic nitrogens is 2. The summed E-state index contributed by atoms with van der Waals surface area (Å²) in [6.45, 7) is 0. The van der Waals surface area contributed by atoms with Crippen molar-refractivity contribution < 1.29 is 13.5 Å². The van der Waals surface area contributed by atoms with Crippen molar-refractivity contribution >= 4 is 44.5 Å². The Labute approximate surface area is 188 Å². The SMILES string of the molecule is O=S(=O)(c1ccccc1)c1nn(-c2ccccc2)c(NNc2ccc(Cl)c(Cl)c2)c1O. The lowest BCUT2D eigenvalue weighted by molar-refractivity contribution is 0.460. The first-order valence-corrected chi connectivity index (χ1v) is 11.3. The lowest BCUT2D eigenvalue weighted by Gasteiger charge is -2.12. The van der Waals surface area contributed by atoms with Gasteiger partial charge in [0.15, 0.2) is 11.6 Å². The van der Waals surface area contributed by atoms with Gasteiger partial charge in [0.05, 0.1) is 26.3 Å². The van der Waals surface area contributed by atoms with Gasteiger partial charge >= 0.3 is 0 Å². The Bertz CT molecular complexity index is 1330. The summed E-state index contributed by atoms with van der Waals surface area (Å²) in [6.07, 6.45) is 0. The summed E-state index contributed by atoms with van der Waals surface area (Å²) in [6, 6.07) is 21.5. The van der Waals surface area contributed by atoms with Crippen molar-refractivity contribution in [3.63, 3.8) is 0 Å². The topological polar surface area (TPSA) is 96.2 Å². The molecule has 0 spiro atoms. The van der Waals surface area contributed by atoms with Crippen molar-refractivity contribution in [2.24, 2.45) is 0 Å². The van der Waals surface area contributed by atoms with Crippen LogP contribution in [0.25, 0.3) is 5.69 Å². The fourth-order valence-corrected chi connectivity index (χ4v) is 4.43. The highest BCUT2D eigenvalue weighted by Gasteiger charge is 2.30. The molecule has 0 saturated heterocycles. The second-order valence-corrected chi connectivity index (χ2v) is 9.12. The Balaban J connectivity index is 1.79.